The van der Waals surface area contributed by atoms with Crippen molar-refractivity contribution in [1.82, 2.24) is 0 Å². The zero-order chi connectivity index (χ0) is 18.7. The summed E-state index contributed by atoms with van der Waals surface area (Å²) in [4.78, 5) is 26.5. The molecule has 3 rings (SSSR count). The van der Waals surface area contributed by atoms with Gasteiger partial charge in [0.05, 0.1) is 11.3 Å². The van der Waals surface area contributed by atoms with E-state index in [4.69, 9.17) is 0 Å². The topological polar surface area (TPSA) is 69.6 Å². The molecule has 1 amide bonds. The molecule has 1 aliphatic rings. The third kappa shape index (κ3) is 3.87. The molecule has 1 aliphatic heterocycles. The third-order valence-electron chi connectivity index (χ3n) is 4.89. The highest BCUT2D eigenvalue weighted by Gasteiger charge is 2.20. The van der Waals surface area contributed by atoms with Crippen molar-refractivity contribution in [3.05, 3.63) is 59.2 Å². The van der Waals surface area contributed by atoms with Crippen LogP contribution in [0.4, 0.5) is 11.4 Å². The summed E-state index contributed by atoms with van der Waals surface area (Å²) in [5.74, 6) is -0.751. The molecule has 0 bridgehead atoms. The van der Waals surface area contributed by atoms with Crippen molar-refractivity contribution in [2.45, 2.75) is 26.7 Å². The average molecular weight is 352 g/mol. The monoisotopic (exact) mass is 352 g/mol. The van der Waals surface area contributed by atoms with Crippen LogP contribution in [-0.2, 0) is 0 Å². The Balaban J connectivity index is 1.86. The fourth-order valence-electron chi connectivity index (χ4n) is 3.46. The van der Waals surface area contributed by atoms with Gasteiger partial charge >= 0.3 is 5.97 Å². The molecule has 1 atom stereocenters. The summed E-state index contributed by atoms with van der Waals surface area (Å²) in [6, 6.07) is 12.5. The molecule has 5 heteroatoms. The van der Waals surface area contributed by atoms with Crippen LogP contribution in [0.1, 0.15) is 46.0 Å². The van der Waals surface area contributed by atoms with Crippen molar-refractivity contribution in [2.24, 2.45) is 5.92 Å². The maximum absolute atomic E-state index is 12.5. The molecular weight excluding hydrogens is 328 g/mol. The Hall–Kier alpha value is -2.82. The van der Waals surface area contributed by atoms with Gasteiger partial charge in [-0.15, -0.1) is 0 Å². The molecule has 2 aromatic carbocycles. The lowest BCUT2D eigenvalue weighted by Crippen LogP contribution is -2.34. The molecule has 0 saturated carbocycles. The van der Waals surface area contributed by atoms with E-state index < -0.39 is 5.97 Å². The number of amides is 1. The zero-order valence-corrected chi connectivity index (χ0v) is 15.2. The highest BCUT2D eigenvalue weighted by molar-refractivity contribution is 6.08. The van der Waals surface area contributed by atoms with E-state index in [-0.39, 0.29) is 11.5 Å². The number of hydrogen-bond donors (Lipinski definition) is 2. The van der Waals surface area contributed by atoms with Crippen LogP contribution in [0, 0.1) is 12.8 Å². The number of carbonyl (C=O) groups is 2. The second-order valence-electron chi connectivity index (χ2n) is 7.00. The van der Waals surface area contributed by atoms with E-state index in [1.54, 1.807) is 24.3 Å². The van der Waals surface area contributed by atoms with Crippen LogP contribution >= 0.6 is 0 Å². The quantitative estimate of drug-likeness (QED) is 0.866. The van der Waals surface area contributed by atoms with Gasteiger partial charge in [-0.1, -0.05) is 25.1 Å². The van der Waals surface area contributed by atoms with Crippen molar-refractivity contribution in [2.75, 3.05) is 23.3 Å². The van der Waals surface area contributed by atoms with Crippen LogP contribution in [-0.4, -0.2) is 30.1 Å². The maximum atomic E-state index is 12.5. The van der Waals surface area contributed by atoms with Gasteiger partial charge in [-0.25, -0.2) is 4.79 Å². The third-order valence-corrected chi connectivity index (χ3v) is 4.89. The molecule has 1 saturated heterocycles. The van der Waals surface area contributed by atoms with Crippen molar-refractivity contribution >= 4 is 23.3 Å². The van der Waals surface area contributed by atoms with E-state index in [9.17, 15) is 14.7 Å². The number of nitrogens with zero attached hydrogens (tertiary/aromatic N) is 1. The Morgan fingerprint density at radius 2 is 1.92 bits per heavy atom. The fourth-order valence-corrected chi connectivity index (χ4v) is 3.46. The van der Waals surface area contributed by atoms with E-state index in [0.29, 0.717) is 17.2 Å². The number of nitrogens with one attached hydrogen (secondary N) is 1. The predicted molar refractivity (Wildman–Crippen MR) is 103 cm³/mol. The van der Waals surface area contributed by atoms with Crippen LogP contribution in [0.15, 0.2) is 42.5 Å². The maximum Gasteiger partial charge on any atom is 0.337 e. The highest BCUT2D eigenvalue weighted by atomic mass is 16.4. The molecule has 2 N–H and O–H groups in total. The smallest absolute Gasteiger partial charge is 0.337 e. The Morgan fingerprint density at radius 1 is 1.15 bits per heavy atom. The molecule has 0 aromatic heterocycles. The van der Waals surface area contributed by atoms with Gasteiger partial charge in [-0.05, 0) is 55.5 Å². The molecule has 0 radical (unpaired) electrons. The minimum atomic E-state index is -1.04. The first-order valence-corrected chi connectivity index (χ1v) is 8.95. The Labute approximate surface area is 153 Å². The van der Waals surface area contributed by atoms with Crippen LogP contribution in [0.3, 0.4) is 0 Å². The number of benzene rings is 2. The number of aromatic carboxylic acids is 1. The number of rotatable bonds is 4. The summed E-state index contributed by atoms with van der Waals surface area (Å²) in [7, 11) is 0. The lowest BCUT2D eigenvalue weighted by molar-refractivity contribution is 0.0698. The average Bonchev–Trinajstić information content (AvgIpc) is 2.62. The van der Waals surface area contributed by atoms with Gasteiger partial charge in [0.15, 0.2) is 0 Å². The number of hydrogen-bond acceptors (Lipinski definition) is 3. The molecule has 1 fully saturated rings. The van der Waals surface area contributed by atoms with E-state index in [1.807, 2.05) is 25.1 Å². The summed E-state index contributed by atoms with van der Waals surface area (Å²) in [6.07, 6.45) is 2.31. The van der Waals surface area contributed by atoms with Crippen molar-refractivity contribution in [1.29, 1.82) is 0 Å². The van der Waals surface area contributed by atoms with Gasteiger partial charge in [0.2, 0.25) is 0 Å². The van der Waals surface area contributed by atoms with E-state index in [0.717, 1.165) is 30.8 Å². The largest absolute Gasteiger partial charge is 0.478 e. The Morgan fingerprint density at radius 3 is 2.62 bits per heavy atom. The van der Waals surface area contributed by atoms with Crippen molar-refractivity contribution < 1.29 is 14.7 Å². The van der Waals surface area contributed by atoms with Gasteiger partial charge in [0.25, 0.3) is 5.91 Å². The summed E-state index contributed by atoms with van der Waals surface area (Å²) in [5.41, 5.74) is 2.71. The van der Waals surface area contributed by atoms with Crippen LogP contribution in [0.5, 0.6) is 0 Å². The Bertz CT molecular complexity index is 832. The fraction of sp³-hybridized carbons (Fsp3) is 0.333. The molecule has 1 unspecified atom stereocenters. The standard InChI is InChI=1S/C21H24N2O3/c1-14-6-5-11-23(13-14)16-9-10-19(18(12-16)21(25)26)22-20(24)17-8-4-3-7-15(17)2/h3-4,7-10,12,14H,5-6,11,13H2,1-2H3,(H,22,24)(H,25,26). The van der Waals surface area contributed by atoms with Crippen LogP contribution in [0.25, 0.3) is 0 Å². The van der Waals surface area contributed by atoms with Crippen molar-refractivity contribution in [3.63, 3.8) is 0 Å². The lowest BCUT2D eigenvalue weighted by Gasteiger charge is -2.33. The summed E-state index contributed by atoms with van der Waals surface area (Å²) in [5, 5.41) is 12.4. The molecular formula is C21H24N2O3. The van der Waals surface area contributed by atoms with Gasteiger partial charge in [0, 0.05) is 24.3 Å². The number of carboxylic acid groups (broad SMARTS) is 1. The number of carboxylic acids is 1. The molecule has 5 nitrogen and oxygen atoms in total. The van der Waals surface area contributed by atoms with Gasteiger partial charge in [-0.3, -0.25) is 4.79 Å². The molecule has 0 aliphatic carbocycles. The molecule has 136 valence electrons. The normalized spacial score (nSPS) is 17.0. The number of anilines is 2. The lowest BCUT2D eigenvalue weighted by atomic mass is 9.99. The van der Waals surface area contributed by atoms with Gasteiger partial charge < -0.3 is 15.3 Å². The molecule has 2 aromatic rings. The number of aryl methyl sites for hydroxylation is 1. The summed E-state index contributed by atoms with van der Waals surface area (Å²) in [6.45, 7) is 5.92. The van der Waals surface area contributed by atoms with E-state index in [2.05, 4.69) is 17.1 Å². The van der Waals surface area contributed by atoms with Gasteiger partial charge in [-0.2, -0.15) is 0 Å². The van der Waals surface area contributed by atoms with Crippen LogP contribution < -0.4 is 10.2 Å². The highest BCUT2D eigenvalue weighted by Crippen LogP contribution is 2.28. The minimum absolute atomic E-state index is 0.114. The molecule has 26 heavy (non-hydrogen) atoms. The van der Waals surface area contributed by atoms with E-state index in [1.165, 1.54) is 6.42 Å². The first kappa shape index (κ1) is 18.0. The minimum Gasteiger partial charge on any atom is -0.478 e. The zero-order valence-electron chi connectivity index (χ0n) is 15.2. The second kappa shape index (κ2) is 7.60. The summed E-state index contributed by atoms with van der Waals surface area (Å²) >= 11 is 0. The molecule has 0 spiro atoms. The van der Waals surface area contributed by atoms with Crippen molar-refractivity contribution in [3.8, 4) is 0 Å². The first-order chi connectivity index (χ1) is 12.5. The van der Waals surface area contributed by atoms with Crippen LogP contribution in [0.2, 0.25) is 0 Å². The predicted octanol–water partition coefficient (Wildman–Crippen LogP) is 4.18. The number of carbonyl (C=O) groups excluding carboxylic acids is 1. The summed E-state index contributed by atoms with van der Waals surface area (Å²) < 4.78 is 0. The SMILES string of the molecule is Cc1ccccc1C(=O)Nc1ccc(N2CCCC(C)C2)cc1C(=O)O. The Kier molecular flexibility index (Phi) is 5.26. The number of piperidine rings is 1. The van der Waals surface area contributed by atoms with Gasteiger partial charge in [0.1, 0.15) is 0 Å². The molecule has 1 heterocycles. The second-order valence-corrected chi connectivity index (χ2v) is 7.00. The first-order valence-electron chi connectivity index (χ1n) is 8.95. The van der Waals surface area contributed by atoms with E-state index >= 15 is 0 Å².